The highest BCUT2D eigenvalue weighted by Gasteiger charge is 2.14. The van der Waals surface area contributed by atoms with E-state index in [0.717, 1.165) is 0 Å². The minimum atomic E-state index is -1.14. The van der Waals surface area contributed by atoms with Crippen molar-refractivity contribution in [1.82, 2.24) is 5.32 Å². The van der Waals surface area contributed by atoms with E-state index in [2.05, 4.69) is 26.6 Å². The largest absolute Gasteiger partial charge is 0.480 e. The lowest BCUT2D eigenvalue weighted by Gasteiger charge is -2.11. The van der Waals surface area contributed by atoms with Gasteiger partial charge in [-0.05, 0) is 25.1 Å². The van der Waals surface area contributed by atoms with Crippen LogP contribution in [0.25, 0.3) is 0 Å². The monoisotopic (exact) mass is 311 g/mol. The number of halogens is 1. The third-order valence-electron chi connectivity index (χ3n) is 2.07. The maximum Gasteiger partial charge on any atom is 0.325 e. The highest BCUT2D eigenvalue weighted by Crippen LogP contribution is 2.20. The second-order valence-corrected chi connectivity index (χ2v) is 4.38. The predicted octanol–water partition coefficient (Wildman–Crippen LogP) is 1.92. The summed E-state index contributed by atoms with van der Waals surface area (Å²) in [5.41, 5.74) is 0.596. The highest BCUT2D eigenvalue weighted by atomic mass is 79.9. The van der Waals surface area contributed by atoms with E-state index in [-0.39, 0.29) is 5.56 Å². The molecule has 1 rings (SSSR count). The normalized spacial score (nSPS) is 11.2. The second kappa shape index (κ2) is 6.02. The lowest BCUT2D eigenvalue weighted by molar-refractivity contribution is -0.138. The Balaban J connectivity index is 2.79. The predicted molar refractivity (Wildman–Crippen MR) is 68.1 cm³/mol. The van der Waals surface area contributed by atoms with E-state index in [1.165, 1.54) is 6.92 Å². The lowest BCUT2D eigenvalue weighted by Crippen LogP contribution is -2.40. The van der Waals surface area contributed by atoms with Crippen molar-refractivity contribution in [1.29, 1.82) is 5.26 Å². The molecule has 1 aromatic rings. The van der Waals surface area contributed by atoms with E-state index in [1.54, 1.807) is 18.2 Å². The Hall–Kier alpha value is -2.07. The minimum Gasteiger partial charge on any atom is -0.480 e. The summed E-state index contributed by atoms with van der Waals surface area (Å²) in [7, 11) is 0. The molecule has 0 aliphatic carbocycles. The average Bonchev–Trinajstić information content (AvgIpc) is 2.28. The molecule has 0 saturated carbocycles. The second-order valence-electron chi connectivity index (χ2n) is 3.46. The number of carbonyl (C=O) groups is 2. The Labute approximate surface area is 112 Å². The number of anilines is 1. The third-order valence-corrected chi connectivity index (χ3v) is 2.56. The van der Waals surface area contributed by atoms with Gasteiger partial charge in [-0.25, -0.2) is 4.79 Å². The Morgan fingerprint density at radius 2 is 2.17 bits per heavy atom. The van der Waals surface area contributed by atoms with Crippen molar-refractivity contribution in [3.63, 3.8) is 0 Å². The third kappa shape index (κ3) is 3.75. The zero-order valence-electron chi connectivity index (χ0n) is 9.40. The Morgan fingerprint density at radius 3 is 2.72 bits per heavy atom. The summed E-state index contributed by atoms with van der Waals surface area (Å²) >= 11 is 3.21. The SMILES string of the molecule is CC(NC(=O)Nc1cc(Br)ccc1C#N)C(=O)O. The van der Waals surface area contributed by atoms with Gasteiger partial charge in [0.25, 0.3) is 0 Å². The molecule has 1 unspecified atom stereocenters. The molecular weight excluding hydrogens is 302 g/mol. The van der Waals surface area contributed by atoms with E-state index >= 15 is 0 Å². The summed E-state index contributed by atoms with van der Waals surface area (Å²) in [5, 5.41) is 22.1. The molecule has 7 heteroatoms. The van der Waals surface area contributed by atoms with Crippen LogP contribution in [0.15, 0.2) is 22.7 Å². The highest BCUT2D eigenvalue weighted by molar-refractivity contribution is 9.10. The van der Waals surface area contributed by atoms with Crippen LogP contribution in [0, 0.1) is 11.3 Å². The van der Waals surface area contributed by atoms with Gasteiger partial charge in [0.1, 0.15) is 12.1 Å². The molecule has 1 aromatic carbocycles. The molecule has 0 aliphatic rings. The topological polar surface area (TPSA) is 102 Å². The molecule has 0 aliphatic heterocycles. The van der Waals surface area contributed by atoms with Gasteiger partial charge in [0.2, 0.25) is 0 Å². The number of carboxylic acid groups (broad SMARTS) is 1. The standard InChI is InChI=1S/C11H10BrN3O3/c1-6(10(16)17)14-11(18)15-9-4-8(12)3-2-7(9)5-13/h2-4,6H,1H3,(H,16,17)(H2,14,15,18). The summed E-state index contributed by atoms with van der Waals surface area (Å²) < 4.78 is 0.697. The van der Waals surface area contributed by atoms with Crippen LogP contribution in [0.2, 0.25) is 0 Å². The molecule has 0 aromatic heterocycles. The average molecular weight is 312 g/mol. The number of carboxylic acids is 1. The molecule has 0 fully saturated rings. The van der Waals surface area contributed by atoms with Crippen molar-refractivity contribution in [2.45, 2.75) is 13.0 Å². The molecule has 6 nitrogen and oxygen atoms in total. The van der Waals surface area contributed by atoms with E-state index in [4.69, 9.17) is 10.4 Å². The molecular formula is C11H10BrN3O3. The maximum absolute atomic E-state index is 11.5. The summed E-state index contributed by atoms with van der Waals surface area (Å²) in [5.74, 6) is -1.14. The quantitative estimate of drug-likeness (QED) is 0.793. The van der Waals surface area contributed by atoms with Gasteiger partial charge in [0.15, 0.2) is 0 Å². The van der Waals surface area contributed by atoms with Crippen LogP contribution in [-0.2, 0) is 4.79 Å². The van der Waals surface area contributed by atoms with Crippen LogP contribution in [-0.4, -0.2) is 23.1 Å². The molecule has 2 amide bonds. The fraction of sp³-hybridized carbons (Fsp3) is 0.182. The van der Waals surface area contributed by atoms with Gasteiger partial charge in [-0.3, -0.25) is 4.79 Å². The lowest BCUT2D eigenvalue weighted by atomic mass is 10.2. The summed E-state index contributed by atoms with van der Waals surface area (Å²) in [4.78, 5) is 22.1. The Morgan fingerprint density at radius 1 is 1.50 bits per heavy atom. The van der Waals surface area contributed by atoms with Crippen LogP contribution in [0.1, 0.15) is 12.5 Å². The van der Waals surface area contributed by atoms with E-state index < -0.39 is 18.0 Å². The molecule has 0 spiro atoms. The van der Waals surface area contributed by atoms with Crippen molar-refractivity contribution in [2.75, 3.05) is 5.32 Å². The van der Waals surface area contributed by atoms with Crippen molar-refractivity contribution in [3.8, 4) is 6.07 Å². The van der Waals surface area contributed by atoms with Gasteiger partial charge < -0.3 is 15.7 Å². The van der Waals surface area contributed by atoms with Crippen molar-refractivity contribution in [3.05, 3.63) is 28.2 Å². The smallest absolute Gasteiger partial charge is 0.325 e. The van der Waals surface area contributed by atoms with Crippen molar-refractivity contribution in [2.24, 2.45) is 0 Å². The molecule has 0 radical (unpaired) electrons. The number of amides is 2. The molecule has 0 bridgehead atoms. The van der Waals surface area contributed by atoms with E-state index in [1.807, 2.05) is 6.07 Å². The zero-order valence-corrected chi connectivity index (χ0v) is 11.0. The number of urea groups is 1. The summed E-state index contributed by atoms with van der Waals surface area (Å²) in [6.07, 6.45) is 0. The first-order chi connectivity index (χ1) is 8.43. The van der Waals surface area contributed by atoms with Gasteiger partial charge in [-0.15, -0.1) is 0 Å². The van der Waals surface area contributed by atoms with Crippen molar-refractivity contribution < 1.29 is 14.7 Å². The number of nitriles is 1. The Bertz CT molecular complexity index is 525. The first-order valence-corrected chi connectivity index (χ1v) is 5.73. The molecule has 3 N–H and O–H groups in total. The summed E-state index contributed by atoms with van der Waals surface area (Å²) in [6.45, 7) is 1.34. The van der Waals surface area contributed by atoms with Crippen LogP contribution >= 0.6 is 15.9 Å². The van der Waals surface area contributed by atoms with Gasteiger partial charge >= 0.3 is 12.0 Å². The number of hydrogen-bond acceptors (Lipinski definition) is 3. The minimum absolute atomic E-state index is 0.288. The number of nitrogens with one attached hydrogen (secondary N) is 2. The number of aliphatic carboxylic acids is 1. The van der Waals surface area contributed by atoms with Crippen LogP contribution in [0.5, 0.6) is 0 Å². The van der Waals surface area contributed by atoms with E-state index in [9.17, 15) is 9.59 Å². The first kappa shape index (κ1) is 14.0. The van der Waals surface area contributed by atoms with Gasteiger partial charge in [-0.1, -0.05) is 15.9 Å². The van der Waals surface area contributed by atoms with Gasteiger partial charge in [-0.2, -0.15) is 5.26 Å². The number of rotatable bonds is 3. The fourth-order valence-electron chi connectivity index (χ4n) is 1.13. The molecule has 94 valence electrons. The maximum atomic E-state index is 11.5. The molecule has 18 heavy (non-hydrogen) atoms. The first-order valence-electron chi connectivity index (χ1n) is 4.94. The van der Waals surface area contributed by atoms with Crippen LogP contribution in [0.4, 0.5) is 10.5 Å². The fourth-order valence-corrected chi connectivity index (χ4v) is 1.50. The number of carbonyl (C=O) groups excluding carboxylic acids is 1. The zero-order chi connectivity index (χ0) is 13.7. The summed E-state index contributed by atoms with van der Waals surface area (Å²) in [6, 6.07) is 5.00. The number of nitrogens with zero attached hydrogens (tertiary/aromatic N) is 1. The van der Waals surface area contributed by atoms with Gasteiger partial charge in [0, 0.05) is 4.47 Å². The number of hydrogen-bond donors (Lipinski definition) is 3. The van der Waals surface area contributed by atoms with E-state index in [0.29, 0.717) is 10.2 Å². The van der Waals surface area contributed by atoms with Crippen molar-refractivity contribution >= 4 is 33.6 Å². The van der Waals surface area contributed by atoms with Crippen LogP contribution in [0.3, 0.4) is 0 Å². The van der Waals surface area contributed by atoms with Gasteiger partial charge in [0.05, 0.1) is 11.3 Å². The van der Waals surface area contributed by atoms with Crippen LogP contribution < -0.4 is 10.6 Å². The Kier molecular flexibility index (Phi) is 4.68. The number of benzene rings is 1. The molecule has 1 atom stereocenters. The molecule has 0 heterocycles. The molecule has 0 saturated heterocycles.